The van der Waals surface area contributed by atoms with Crippen LogP contribution in [0.2, 0.25) is 0 Å². The molecule has 22 heavy (non-hydrogen) atoms. The maximum absolute atomic E-state index is 12.2. The molecular formula is C16H19NO5. The first kappa shape index (κ1) is 14.7. The second kappa shape index (κ2) is 5.19. The molecular weight excluding hydrogens is 286 g/mol. The number of benzene rings is 1. The maximum Gasteiger partial charge on any atom is 0.328 e. The van der Waals surface area contributed by atoms with Crippen LogP contribution in [0.1, 0.15) is 31.7 Å². The Morgan fingerprint density at radius 1 is 1.23 bits per heavy atom. The van der Waals surface area contributed by atoms with Crippen LogP contribution < -0.4 is 14.8 Å². The first-order valence-corrected chi connectivity index (χ1v) is 7.33. The van der Waals surface area contributed by atoms with Crippen molar-refractivity contribution in [2.75, 3.05) is 13.2 Å². The third-order valence-electron chi connectivity index (χ3n) is 4.09. The Hall–Kier alpha value is -2.24. The summed E-state index contributed by atoms with van der Waals surface area (Å²) in [6.07, 6.45) is 0.723. The normalized spacial score (nSPS) is 22.8. The molecule has 2 aliphatic rings. The Kier molecular flexibility index (Phi) is 3.47. The molecule has 3 rings (SSSR count). The molecule has 2 atom stereocenters. The van der Waals surface area contributed by atoms with Crippen LogP contribution >= 0.6 is 0 Å². The molecule has 6 nitrogen and oxygen atoms in total. The Morgan fingerprint density at radius 3 is 2.59 bits per heavy atom. The minimum absolute atomic E-state index is 0.112. The van der Waals surface area contributed by atoms with Crippen molar-refractivity contribution in [3.05, 3.63) is 23.8 Å². The fourth-order valence-corrected chi connectivity index (χ4v) is 2.60. The van der Waals surface area contributed by atoms with Gasteiger partial charge in [-0.05, 0) is 43.9 Å². The summed E-state index contributed by atoms with van der Waals surface area (Å²) in [5.74, 6) is 0.107. The largest absolute Gasteiger partial charge is 0.486 e. The highest BCUT2D eigenvalue weighted by atomic mass is 16.6. The number of amides is 1. The van der Waals surface area contributed by atoms with Gasteiger partial charge in [0.1, 0.15) is 18.8 Å². The fraction of sp³-hybridized carbons (Fsp3) is 0.500. The predicted octanol–water partition coefficient (Wildman–Crippen LogP) is 1.54. The second-order valence-electron chi connectivity index (χ2n) is 6.27. The van der Waals surface area contributed by atoms with E-state index >= 15 is 0 Å². The molecule has 1 amide bonds. The van der Waals surface area contributed by atoms with E-state index in [9.17, 15) is 9.59 Å². The monoisotopic (exact) mass is 305 g/mol. The van der Waals surface area contributed by atoms with E-state index in [2.05, 4.69) is 5.32 Å². The lowest BCUT2D eigenvalue weighted by Gasteiger charge is -2.21. The van der Waals surface area contributed by atoms with Crippen LogP contribution in [0.3, 0.4) is 0 Å². The summed E-state index contributed by atoms with van der Waals surface area (Å²) < 4.78 is 11.0. The molecule has 0 bridgehead atoms. The molecule has 118 valence electrons. The van der Waals surface area contributed by atoms with Gasteiger partial charge in [-0.3, -0.25) is 4.79 Å². The van der Waals surface area contributed by atoms with E-state index < -0.39 is 11.5 Å². The summed E-state index contributed by atoms with van der Waals surface area (Å²) in [4.78, 5) is 23.2. The van der Waals surface area contributed by atoms with Crippen molar-refractivity contribution in [1.82, 2.24) is 5.32 Å². The van der Waals surface area contributed by atoms with Crippen LogP contribution in [0.15, 0.2) is 18.2 Å². The van der Waals surface area contributed by atoms with Gasteiger partial charge in [-0.25, -0.2) is 4.79 Å². The zero-order chi connectivity index (χ0) is 15.9. The number of aliphatic carboxylic acids is 1. The van der Waals surface area contributed by atoms with Crippen molar-refractivity contribution < 1.29 is 24.2 Å². The summed E-state index contributed by atoms with van der Waals surface area (Å²) in [6.45, 7) is 4.03. The first-order valence-electron chi connectivity index (χ1n) is 7.33. The number of fused-ring (bicyclic) bond motifs is 1. The Morgan fingerprint density at radius 2 is 1.91 bits per heavy atom. The first-order chi connectivity index (χ1) is 10.4. The van der Waals surface area contributed by atoms with E-state index in [0.29, 0.717) is 19.0 Å². The number of carboxylic acids is 1. The van der Waals surface area contributed by atoms with Crippen LogP contribution in [-0.2, 0) is 9.59 Å². The van der Waals surface area contributed by atoms with Crippen LogP contribution in [0.5, 0.6) is 11.5 Å². The molecule has 1 aliphatic heterocycles. The fourth-order valence-electron chi connectivity index (χ4n) is 2.60. The molecule has 2 unspecified atom stereocenters. The lowest BCUT2D eigenvalue weighted by Crippen LogP contribution is -2.50. The summed E-state index contributed by atoms with van der Waals surface area (Å²) in [6, 6.07) is 5.71. The van der Waals surface area contributed by atoms with Crippen molar-refractivity contribution in [2.24, 2.45) is 5.92 Å². The van der Waals surface area contributed by atoms with Gasteiger partial charge in [0.25, 0.3) is 0 Å². The summed E-state index contributed by atoms with van der Waals surface area (Å²) in [5, 5.41) is 11.6. The average molecular weight is 305 g/mol. The van der Waals surface area contributed by atoms with Gasteiger partial charge in [-0.2, -0.15) is 0 Å². The molecule has 1 fully saturated rings. The zero-order valence-electron chi connectivity index (χ0n) is 12.6. The molecule has 1 aromatic rings. The molecule has 1 heterocycles. The van der Waals surface area contributed by atoms with Gasteiger partial charge in [0.2, 0.25) is 5.91 Å². The lowest BCUT2D eigenvalue weighted by atomic mass is 10.0. The van der Waals surface area contributed by atoms with Crippen LogP contribution in [0.25, 0.3) is 0 Å². The van der Waals surface area contributed by atoms with Gasteiger partial charge >= 0.3 is 5.97 Å². The molecule has 0 saturated heterocycles. The van der Waals surface area contributed by atoms with E-state index in [4.69, 9.17) is 14.6 Å². The minimum Gasteiger partial charge on any atom is -0.486 e. The maximum atomic E-state index is 12.2. The van der Waals surface area contributed by atoms with Crippen LogP contribution in [0, 0.1) is 5.92 Å². The molecule has 0 spiro atoms. The average Bonchev–Trinajstić information content (AvgIpc) is 3.26. The smallest absolute Gasteiger partial charge is 0.328 e. The number of ether oxygens (including phenoxy) is 2. The third kappa shape index (κ3) is 2.73. The van der Waals surface area contributed by atoms with E-state index in [0.717, 1.165) is 17.7 Å². The summed E-state index contributed by atoms with van der Waals surface area (Å²) in [5.41, 5.74) is -0.227. The number of hydrogen-bond donors (Lipinski definition) is 2. The second-order valence-corrected chi connectivity index (χ2v) is 6.27. The number of hydrogen-bond acceptors (Lipinski definition) is 4. The Bertz CT molecular complexity index is 625. The van der Waals surface area contributed by atoms with E-state index in [1.54, 1.807) is 0 Å². The van der Waals surface area contributed by atoms with Crippen molar-refractivity contribution in [3.63, 3.8) is 0 Å². The number of carbonyl (C=O) groups is 2. The van der Waals surface area contributed by atoms with Gasteiger partial charge in [-0.1, -0.05) is 6.07 Å². The van der Waals surface area contributed by atoms with Crippen LogP contribution in [0.4, 0.5) is 0 Å². The third-order valence-corrected chi connectivity index (χ3v) is 4.09. The standard InChI is InChI=1S/C16H19NO5/c1-16(2,15(19)20)17-14(18)11-8-10(11)9-3-4-12-13(7-9)22-6-5-21-12/h3-4,7,10-11H,5-6,8H2,1-2H3,(H,17,18)(H,19,20). The van der Waals surface area contributed by atoms with Gasteiger partial charge in [-0.15, -0.1) is 0 Å². The highest BCUT2D eigenvalue weighted by molar-refractivity contribution is 5.89. The van der Waals surface area contributed by atoms with Gasteiger partial charge in [0.05, 0.1) is 0 Å². The van der Waals surface area contributed by atoms with Crippen molar-refractivity contribution in [3.8, 4) is 11.5 Å². The van der Waals surface area contributed by atoms with E-state index in [1.165, 1.54) is 13.8 Å². The van der Waals surface area contributed by atoms with Gasteiger partial charge in [0, 0.05) is 5.92 Å². The van der Waals surface area contributed by atoms with Crippen molar-refractivity contribution in [1.29, 1.82) is 0 Å². The Labute approximate surface area is 128 Å². The van der Waals surface area contributed by atoms with Crippen molar-refractivity contribution >= 4 is 11.9 Å². The SMILES string of the molecule is CC(C)(NC(=O)C1CC1c1ccc2c(c1)OCCO2)C(=O)O. The lowest BCUT2D eigenvalue weighted by molar-refractivity contribution is -0.146. The van der Waals surface area contributed by atoms with Gasteiger partial charge in [0.15, 0.2) is 11.5 Å². The molecule has 2 N–H and O–H groups in total. The molecule has 1 aliphatic carbocycles. The highest BCUT2D eigenvalue weighted by Gasteiger charge is 2.46. The van der Waals surface area contributed by atoms with E-state index in [1.807, 2.05) is 18.2 Å². The molecule has 1 saturated carbocycles. The van der Waals surface area contributed by atoms with E-state index in [-0.39, 0.29) is 17.7 Å². The molecule has 1 aromatic carbocycles. The zero-order valence-corrected chi connectivity index (χ0v) is 12.6. The molecule has 0 aromatic heterocycles. The minimum atomic E-state index is -1.25. The number of carbonyl (C=O) groups excluding carboxylic acids is 1. The quantitative estimate of drug-likeness (QED) is 0.881. The Balaban J connectivity index is 1.67. The highest BCUT2D eigenvalue weighted by Crippen LogP contribution is 2.49. The topological polar surface area (TPSA) is 84.9 Å². The number of rotatable bonds is 4. The number of carboxylic acid groups (broad SMARTS) is 1. The molecule has 6 heteroatoms. The number of nitrogens with one attached hydrogen (secondary N) is 1. The predicted molar refractivity (Wildman–Crippen MR) is 78.1 cm³/mol. The van der Waals surface area contributed by atoms with Gasteiger partial charge < -0.3 is 19.9 Å². The summed E-state index contributed by atoms with van der Waals surface area (Å²) >= 11 is 0. The summed E-state index contributed by atoms with van der Waals surface area (Å²) in [7, 11) is 0. The van der Waals surface area contributed by atoms with Crippen molar-refractivity contribution in [2.45, 2.75) is 31.7 Å². The van der Waals surface area contributed by atoms with Crippen LogP contribution in [-0.4, -0.2) is 35.7 Å². The molecule has 0 radical (unpaired) electrons.